The molecule has 0 heterocycles. The second-order valence-corrected chi connectivity index (χ2v) is 9.12. The highest BCUT2D eigenvalue weighted by molar-refractivity contribution is 7.92. The summed E-state index contributed by atoms with van der Waals surface area (Å²) in [7, 11) is -4.00. The molecule has 3 aromatic rings. The van der Waals surface area contributed by atoms with Crippen LogP contribution in [0.15, 0.2) is 71.6 Å². The van der Waals surface area contributed by atoms with Gasteiger partial charge in [0.2, 0.25) is 5.91 Å². The summed E-state index contributed by atoms with van der Waals surface area (Å²) in [4.78, 5) is 12.8. The van der Waals surface area contributed by atoms with Crippen LogP contribution < -0.4 is 9.62 Å². The lowest BCUT2D eigenvalue weighted by molar-refractivity contribution is -0.114. The standard InChI is InChI=1S/C22H20ClFN2O3S/c1-15-10-16(2)12-18(11-15)26(30(28,29)19-6-4-3-5-7-19)14-22(27)25-17-8-9-21(24)20(23)13-17/h3-13H,14H2,1-2H3,(H,25,27). The quantitative estimate of drug-likeness (QED) is 0.583. The van der Waals surface area contributed by atoms with Crippen molar-refractivity contribution in [3.05, 3.63) is 88.7 Å². The summed E-state index contributed by atoms with van der Waals surface area (Å²) in [6.45, 7) is 3.24. The smallest absolute Gasteiger partial charge is 0.264 e. The summed E-state index contributed by atoms with van der Waals surface area (Å²) in [5.74, 6) is -1.20. The number of aryl methyl sites for hydroxylation is 2. The van der Waals surface area contributed by atoms with Crippen molar-refractivity contribution in [1.82, 2.24) is 0 Å². The Kier molecular flexibility index (Phi) is 6.43. The molecule has 0 aromatic heterocycles. The van der Waals surface area contributed by atoms with Crippen LogP contribution in [-0.2, 0) is 14.8 Å². The zero-order valence-electron chi connectivity index (χ0n) is 16.4. The molecule has 0 aliphatic rings. The zero-order valence-corrected chi connectivity index (χ0v) is 18.0. The van der Waals surface area contributed by atoms with Gasteiger partial charge in [-0.25, -0.2) is 12.8 Å². The molecule has 3 aromatic carbocycles. The van der Waals surface area contributed by atoms with Crippen molar-refractivity contribution in [2.24, 2.45) is 0 Å². The average Bonchev–Trinajstić information content (AvgIpc) is 2.69. The highest BCUT2D eigenvalue weighted by Gasteiger charge is 2.27. The minimum Gasteiger partial charge on any atom is -0.324 e. The minimum atomic E-state index is -4.00. The highest BCUT2D eigenvalue weighted by Crippen LogP contribution is 2.26. The van der Waals surface area contributed by atoms with E-state index in [4.69, 9.17) is 11.6 Å². The Hall–Kier alpha value is -2.90. The van der Waals surface area contributed by atoms with Gasteiger partial charge in [-0.2, -0.15) is 0 Å². The van der Waals surface area contributed by atoms with Gasteiger partial charge in [0, 0.05) is 5.69 Å². The van der Waals surface area contributed by atoms with Crippen molar-refractivity contribution in [2.75, 3.05) is 16.2 Å². The molecular weight excluding hydrogens is 427 g/mol. The van der Waals surface area contributed by atoms with Crippen LogP contribution in [0.4, 0.5) is 15.8 Å². The first-order valence-corrected chi connectivity index (χ1v) is 10.9. The van der Waals surface area contributed by atoms with Gasteiger partial charge in [-0.15, -0.1) is 0 Å². The molecule has 5 nitrogen and oxygen atoms in total. The summed E-state index contributed by atoms with van der Waals surface area (Å²) in [5.41, 5.74) is 2.38. The van der Waals surface area contributed by atoms with E-state index in [0.29, 0.717) is 5.69 Å². The van der Waals surface area contributed by atoms with E-state index in [-0.39, 0.29) is 15.6 Å². The van der Waals surface area contributed by atoms with Crippen molar-refractivity contribution in [1.29, 1.82) is 0 Å². The van der Waals surface area contributed by atoms with E-state index < -0.39 is 28.3 Å². The van der Waals surface area contributed by atoms with Crippen LogP contribution in [-0.4, -0.2) is 20.9 Å². The van der Waals surface area contributed by atoms with Crippen molar-refractivity contribution >= 4 is 38.9 Å². The van der Waals surface area contributed by atoms with Crippen LogP contribution >= 0.6 is 11.6 Å². The van der Waals surface area contributed by atoms with Crippen molar-refractivity contribution < 1.29 is 17.6 Å². The lowest BCUT2D eigenvalue weighted by atomic mass is 10.1. The van der Waals surface area contributed by atoms with Gasteiger partial charge >= 0.3 is 0 Å². The molecule has 0 aliphatic heterocycles. The number of rotatable bonds is 6. The zero-order chi connectivity index (χ0) is 21.9. The fourth-order valence-electron chi connectivity index (χ4n) is 3.03. The maximum Gasteiger partial charge on any atom is 0.264 e. The number of nitrogens with zero attached hydrogens (tertiary/aromatic N) is 1. The van der Waals surface area contributed by atoms with Gasteiger partial charge in [-0.3, -0.25) is 9.10 Å². The number of carbonyl (C=O) groups excluding carboxylic acids is 1. The van der Waals surface area contributed by atoms with Gasteiger partial charge in [0.15, 0.2) is 0 Å². The average molecular weight is 447 g/mol. The third kappa shape index (κ3) is 4.98. The third-order valence-electron chi connectivity index (χ3n) is 4.32. The summed E-state index contributed by atoms with van der Waals surface area (Å²) < 4.78 is 41.0. The third-order valence-corrected chi connectivity index (χ3v) is 6.39. The lowest BCUT2D eigenvalue weighted by Gasteiger charge is -2.25. The maximum atomic E-state index is 13.4. The number of hydrogen-bond acceptors (Lipinski definition) is 3. The molecule has 0 saturated heterocycles. The first-order chi connectivity index (χ1) is 14.2. The number of nitrogens with one attached hydrogen (secondary N) is 1. The van der Waals surface area contributed by atoms with Crippen LogP contribution in [0.25, 0.3) is 0 Å². The van der Waals surface area contributed by atoms with Crippen LogP contribution in [0.5, 0.6) is 0 Å². The van der Waals surface area contributed by atoms with E-state index in [1.807, 2.05) is 19.9 Å². The normalized spacial score (nSPS) is 11.2. The van der Waals surface area contributed by atoms with Crippen molar-refractivity contribution in [3.63, 3.8) is 0 Å². The largest absolute Gasteiger partial charge is 0.324 e. The second-order valence-electron chi connectivity index (χ2n) is 6.85. The van der Waals surface area contributed by atoms with Crippen LogP contribution in [0.3, 0.4) is 0 Å². The minimum absolute atomic E-state index is 0.0711. The predicted octanol–water partition coefficient (Wildman–Crippen LogP) is 4.93. The molecule has 156 valence electrons. The lowest BCUT2D eigenvalue weighted by Crippen LogP contribution is -2.38. The Bertz CT molecular complexity index is 1160. The number of hydrogen-bond donors (Lipinski definition) is 1. The van der Waals surface area contributed by atoms with Gasteiger partial charge in [-0.05, 0) is 67.4 Å². The summed E-state index contributed by atoms with van der Waals surface area (Å²) in [6, 6.07) is 17.0. The number of amides is 1. The molecule has 0 spiro atoms. The first kappa shape index (κ1) is 21.8. The maximum absolute atomic E-state index is 13.4. The van der Waals surface area contributed by atoms with Gasteiger partial charge in [0.1, 0.15) is 12.4 Å². The molecule has 0 unspecified atom stereocenters. The van der Waals surface area contributed by atoms with E-state index in [9.17, 15) is 17.6 Å². The van der Waals surface area contributed by atoms with E-state index in [2.05, 4.69) is 5.32 Å². The second kappa shape index (κ2) is 8.85. The molecule has 0 fully saturated rings. The summed E-state index contributed by atoms with van der Waals surface area (Å²) in [6.07, 6.45) is 0. The van der Waals surface area contributed by atoms with E-state index in [1.165, 1.54) is 24.3 Å². The number of benzene rings is 3. The molecule has 0 radical (unpaired) electrons. The fourth-order valence-corrected chi connectivity index (χ4v) is 4.64. The van der Waals surface area contributed by atoms with Gasteiger partial charge in [0.25, 0.3) is 10.0 Å². The number of sulfonamides is 1. The number of carbonyl (C=O) groups is 1. The number of halogens is 2. The molecule has 8 heteroatoms. The Morgan fingerprint density at radius 2 is 1.63 bits per heavy atom. The molecule has 0 atom stereocenters. The monoisotopic (exact) mass is 446 g/mol. The first-order valence-electron chi connectivity index (χ1n) is 9.08. The van der Waals surface area contributed by atoms with Crippen LogP contribution in [0.1, 0.15) is 11.1 Å². The van der Waals surface area contributed by atoms with Gasteiger partial charge < -0.3 is 5.32 Å². The highest BCUT2D eigenvalue weighted by atomic mass is 35.5. The fraction of sp³-hybridized carbons (Fsp3) is 0.136. The number of anilines is 2. The van der Waals surface area contributed by atoms with Crippen LogP contribution in [0, 0.1) is 19.7 Å². The Morgan fingerprint density at radius 3 is 2.23 bits per heavy atom. The van der Waals surface area contributed by atoms with Gasteiger partial charge in [0.05, 0.1) is 15.6 Å². The van der Waals surface area contributed by atoms with Crippen LogP contribution in [0.2, 0.25) is 5.02 Å². The van der Waals surface area contributed by atoms with Gasteiger partial charge in [-0.1, -0.05) is 35.9 Å². The summed E-state index contributed by atoms with van der Waals surface area (Å²) in [5, 5.41) is 2.42. The van der Waals surface area contributed by atoms with Crippen molar-refractivity contribution in [2.45, 2.75) is 18.7 Å². The van der Waals surface area contributed by atoms with Crippen molar-refractivity contribution in [3.8, 4) is 0 Å². The molecule has 0 saturated carbocycles. The van der Waals surface area contributed by atoms with E-state index in [1.54, 1.807) is 30.3 Å². The molecule has 1 amide bonds. The van der Waals surface area contributed by atoms with E-state index in [0.717, 1.165) is 21.5 Å². The molecule has 0 bridgehead atoms. The molecule has 1 N–H and O–H groups in total. The van der Waals surface area contributed by atoms with E-state index >= 15 is 0 Å². The Morgan fingerprint density at radius 1 is 1.00 bits per heavy atom. The summed E-state index contributed by atoms with van der Waals surface area (Å²) >= 11 is 5.75. The molecule has 3 rings (SSSR count). The SMILES string of the molecule is Cc1cc(C)cc(N(CC(=O)Nc2ccc(F)c(Cl)c2)S(=O)(=O)c2ccccc2)c1. The topological polar surface area (TPSA) is 66.5 Å². The molecule has 0 aliphatic carbocycles. The molecular formula is C22H20ClFN2O3S. The predicted molar refractivity (Wildman–Crippen MR) is 117 cm³/mol. The Balaban J connectivity index is 1.97. The molecule has 30 heavy (non-hydrogen) atoms. The Labute approximate surface area is 180 Å².